The lowest BCUT2D eigenvalue weighted by atomic mass is 10.2. The zero-order valence-corrected chi connectivity index (χ0v) is 18.5. The van der Waals surface area contributed by atoms with Crippen LogP contribution in [-0.4, -0.2) is 61.6 Å². The summed E-state index contributed by atoms with van der Waals surface area (Å²) in [7, 11) is 0. The topological polar surface area (TPSA) is 47.6 Å². The number of hydrogen-bond donors (Lipinski definition) is 2. The molecule has 0 bridgehead atoms. The number of amides is 2. The summed E-state index contributed by atoms with van der Waals surface area (Å²) >= 11 is 5.93. The maximum atomic E-state index is 11.6. The Bertz CT molecular complexity index is 508. The summed E-state index contributed by atoms with van der Waals surface area (Å²) in [6.45, 7) is 10.0. The molecule has 8 heteroatoms. The first-order valence-corrected chi connectivity index (χ1v) is 9.76. The van der Waals surface area contributed by atoms with E-state index in [0.29, 0.717) is 0 Å². The molecule has 1 fully saturated rings. The van der Waals surface area contributed by atoms with Gasteiger partial charge in [0.1, 0.15) is 0 Å². The van der Waals surface area contributed by atoms with Gasteiger partial charge in [0.15, 0.2) is 0 Å². The molecule has 2 amide bonds. The van der Waals surface area contributed by atoms with E-state index in [9.17, 15) is 4.79 Å². The maximum Gasteiger partial charge on any atom is 0.314 e. The van der Waals surface area contributed by atoms with E-state index in [1.807, 2.05) is 12.1 Å². The summed E-state index contributed by atoms with van der Waals surface area (Å²) < 4.78 is 0. The van der Waals surface area contributed by atoms with Crippen LogP contribution in [0.25, 0.3) is 0 Å². The van der Waals surface area contributed by atoms with Crippen molar-refractivity contribution in [1.29, 1.82) is 0 Å². The van der Waals surface area contributed by atoms with Crippen molar-refractivity contribution in [2.75, 3.05) is 45.8 Å². The Morgan fingerprint density at radius 3 is 2.11 bits per heavy atom. The van der Waals surface area contributed by atoms with Gasteiger partial charge in [0.2, 0.25) is 0 Å². The minimum absolute atomic E-state index is 0. The fraction of sp³-hybridized carbons (Fsp3) is 0.632. The third kappa shape index (κ3) is 11.0. The Labute approximate surface area is 181 Å². The summed E-state index contributed by atoms with van der Waals surface area (Å²) in [5.74, 6) is 0. The van der Waals surface area contributed by atoms with Crippen molar-refractivity contribution in [1.82, 2.24) is 20.4 Å². The number of piperazine rings is 1. The average molecular weight is 440 g/mol. The third-order valence-corrected chi connectivity index (χ3v) is 4.79. The number of nitrogens with zero attached hydrogens (tertiary/aromatic N) is 2. The van der Waals surface area contributed by atoms with E-state index in [1.165, 1.54) is 5.56 Å². The molecule has 156 valence electrons. The molecule has 0 unspecified atom stereocenters. The molecule has 2 rings (SSSR count). The van der Waals surface area contributed by atoms with Crippen molar-refractivity contribution in [2.24, 2.45) is 0 Å². The first-order valence-electron chi connectivity index (χ1n) is 9.38. The van der Waals surface area contributed by atoms with Crippen LogP contribution >= 0.6 is 36.4 Å². The molecule has 1 aromatic carbocycles. The first-order chi connectivity index (χ1) is 12.2. The highest BCUT2D eigenvalue weighted by atomic mass is 35.5. The van der Waals surface area contributed by atoms with E-state index in [-0.39, 0.29) is 30.8 Å². The zero-order valence-electron chi connectivity index (χ0n) is 16.1. The third-order valence-electron chi connectivity index (χ3n) is 4.54. The molecular weight excluding hydrogens is 407 g/mol. The average Bonchev–Trinajstić information content (AvgIpc) is 2.62. The second kappa shape index (κ2) is 15.2. The maximum absolute atomic E-state index is 11.6. The number of halogens is 3. The van der Waals surface area contributed by atoms with Crippen LogP contribution in [0.2, 0.25) is 5.02 Å². The molecule has 0 radical (unpaired) electrons. The van der Waals surface area contributed by atoms with Crippen LogP contribution in [0, 0.1) is 0 Å². The lowest BCUT2D eigenvalue weighted by Crippen LogP contribution is -2.46. The molecule has 1 aromatic rings. The number of nitrogens with one attached hydrogen (secondary N) is 2. The van der Waals surface area contributed by atoms with Gasteiger partial charge >= 0.3 is 6.03 Å². The minimum Gasteiger partial charge on any atom is -0.338 e. The van der Waals surface area contributed by atoms with Crippen molar-refractivity contribution < 1.29 is 4.79 Å². The molecule has 1 aliphatic rings. The van der Waals surface area contributed by atoms with Crippen LogP contribution in [0.4, 0.5) is 4.79 Å². The molecule has 27 heavy (non-hydrogen) atoms. The fourth-order valence-corrected chi connectivity index (χ4v) is 3.09. The minimum atomic E-state index is -0.0405. The summed E-state index contributed by atoms with van der Waals surface area (Å²) in [5.41, 5.74) is 1.32. The molecule has 0 aliphatic carbocycles. The standard InChI is InChI=1S/C19H31ClN4O.2ClH/c1-2-3-9-21-19(25)22-10-4-11-23-12-14-24(15-13-23)16-17-5-7-18(20)8-6-17;;/h5-8H,2-4,9-16H2,1H3,(H2,21,22,25);2*1H. The predicted molar refractivity (Wildman–Crippen MR) is 119 cm³/mol. The molecule has 1 saturated heterocycles. The van der Waals surface area contributed by atoms with E-state index in [0.717, 1.165) is 76.6 Å². The highest BCUT2D eigenvalue weighted by molar-refractivity contribution is 6.30. The van der Waals surface area contributed by atoms with Crippen molar-refractivity contribution >= 4 is 42.4 Å². The first kappa shape index (κ1) is 26.3. The number of rotatable bonds is 9. The van der Waals surface area contributed by atoms with Gasteiger partial charge in [-0.25, -0.2) is 4.79 Å². The monoisotopic (exact) mass is 438 g/mol. The van der Waals surface area contributed by atoms with Gasteiger partial charge in [0.05, 0.1) is 0 Å². The molecule has 5 nitrogen and oxygen atoms in total. The lowest BCUT2D eigenvalue weighted by molar-refractivity contribution is 0.126. The van der Waals surface area contributed by atoms with E-state index in [2.05, 4.69) is 39.5 Å². The highest BCUT2D eigenvalue weighted by Gasteiger charge is 2.16. The normalized spacial score (nSPS) is 14.7. The van der Waals surface area contributed by atoms with Crippen molar-refractivity contribution in [3.63, 3.8) is 0 Å². The lowest BCUT2D eigenvalue weighted by Gasteiger charge is -2.34. The number of carbonyl (C=O) groups excluding carboxylic acids is 1. The van der Waals surface area contributed by atoms with Crippen molar-refractivity contribution in [3.05, 3.63) is 34.9 Å². The van der Waals surface area contributed by atoms with E-state index in [1.54, 1.807) is 0 Å². The highest BCUT2D eigenvalue weighted by Crippen LogP contribution is 2.13. The van der Waals surface area contributed by atoms with Crippen LogP contribution < -0.4 is 10.6 Å². The molecule has 2 N–H and O–H groups in total. The summed E-state index contributed by atoms with van der Waals surface area (Å²) in [5, 5.41) is 6.60. The predicted octanol–water partition coefficient (Wildman–Crippen LogP) is 3.79. The van der Waals surface area contributed by atoms with Gasteiger partial charge in [-0.2, -0.15) is 0 Å². The van der Waals surface area contributed by atoms with E-state index >= 15 is 0 Å². The van der Waals surface area contributed by atoms with E-state index < -0.39 is 0 Å². The van der Waals surface area contributed by atoms with Crippen LogP contribution in [0.1, 0.15) is 31.7 Å². The Morgan fingerprint density at radius 1 is 0.963 bits per heavy atom. The number of urea groups is 1. The molecule has 0 aromatic heterocycles. The molecule has 0 saturated carbocycles. The number of carbonyl (C=O) groups is 1. The van der Waals surface area contributed by atoms with Gasteiger partial charge in [-0.15, -0.1) is 24.8 Å². The largest absolute Gasteiger partial charge is 0.338 e. The Kier molecular flexibility index (Phi) is 14.8. The van der Waals surface area contributed by atoms with Gasteiger partial charge in [0.25, 0.3) is 0 Å². The quantitative estimate of drug-likeness (QED) is 0.575. The van der Waals surface area contributed by atoms with Crippen LogP contribution in [-0.2, 0) is 6.54 Å². The van der Waals surface area contributed by atoms with Crippen LogP contribution in [0.5, 0.6) is 0 Å². The smallest absolute Gasteiger partial charge is 0.314 e. The van der Waals surface area contributed by atoms with Gasteiger partial charge in [-0.05, 0) is 37.1 Å². The van der Waals surface area contributed by atoms with Gasteiger partial charge < -0.3 is 15.5 Å². The van der Waals surface area contributed by atoms with Gasteiger partial charge in [-0.1, -0.05) is 37.1 Å². The zero-order chi connectivity index (χ0) is 17.9. The second-order valence-electron chi connectivity index (χ2n) is 6.63. The summed E-state index contributed by atoms with van der Waals surface area (Å²) in [6, 6.07) is 8.08. The molecule has 0 atom stereocenters. The van der Waals surface area contributed by atoms with Crippen molar-refractivity contribution in [3.8, 4) is 0 Å². The molecule has 0 spiro atoms. The molecule has 1 aliphatic heterocycles. The van der Waals surface area contributed by atoms with Gasteiger partial charge in [0, 0.05) is 50.8 Å². The SMILES string of the molecule is CCCCNC(=O)NCCCN1CCN(Cc2ccc(Cl)cc2)CC1.Cl.Cl. The Hall–Kier alpha value is -0.720. The Balaban J connectivity index is 0.00000338. The second-order valence-corrected chi connectivity index (χ2v) is 7.07. The Morgan fingerprint density at radius 2 is 1.52 bits per heavy atom. The molecule has 1 heterocycles. The number of hydrogen-bond acceptors (Lipinski definition) is 3. The molecular formula is C19H33Cl3N4O. The number of benzene rings is 1. The van der Waals surface area contributed by atoms with Crippen LogP contribution in [0.15, 0.2) is 24.3 Å². The fourth-order valence-electron chi connectivity index (χ4n) is 2.96. The van der Waals surface area contributed by atoms with Crippen molar-refractivity contribution in [2.45, 2.75) is 32.7 Å². The number of unbranched alkanes of at least 4 members (excludes halogenated alkanes) is 1. The van der Waals surface area contributed by atoms with Crippen LogP contribution in [0.3, 0.4) is 0 Å². The summed E-state index contributed by atoms with van der Waals surface area (Å²) in [6.07, 6.45) is 3.14. The summed E-state index contributed by atoms with van der Waals surface area (Å²) in [4.78, 5) is 16.5. The van der Waals surface area contributed by atoms with Gasteiger partial charge in [-0.3, -0.25) is 4.90 Å². The van der Waals surface area contributed by atoms with E-state index in [4.69, 9.17) is 11.6 Å².